The van der Waals surface area contributed by atoms with Crippen molar-refractivity contribution in [3.63, 3.8) is 0 Å². The van der Waals surface area contributed by atoms with Crippen molar-refractivity contribution in [2.75, 3.05) is 18.5 Å². The van der Waals surface area contributed by atoms with Crippen LogP contribution in [-0.4, -0.2) is 35.6 Å². The van der Waals surface area contributed by atoms with Gasteiger partial charge in [0.25, 0.3) is 11.5 Å². The van der Waals surface area contributed by atoms with Crippen molar-refractivity contribution in [3.05, 3.63) is 63.1 Å². The fourth-order valence-corrected chi connectivity index (χ4v) is 3.42. The molecule has 1 saturated heterocycles. The number of nitrogens with zero attached hydrogens (tertiary/aromatic N) is 2. The number of hydrogen-bond acceptors (Lipinski definition) is 5. The molecule has 2 amide bonds. The van der Waals surface area contributed by atoms with E-state index in [9.17, 15) is 14.4 Å². The summed E-state index contributed by atoms with van der Waals surface area (Å²) in [5.41, 5.74) is 1.73. The zero-order chi connectivity index (χ0) is 21.7. The fourth-order valence-electron chi connectivity index (χ4n) is 3.42. The first-order chi connectivity index (χ1) is 14.4. The summed E-state index contributed by atoms with van der Waals surface area (Å²) in [4.78, 5) is 37.0. The first-order valence-corrected chi connectivity index (χ1v) is 9.80. The Morgan fingerprint density at radius 2 is 2.00 bits per heavy atom. The highest BCUT2D eigenvalue weighted by Crippen LogP contribution is 2.13. The first kappa shape index (κ1) is 21.3. The number of ether oxygens (including phenoxy) is 1. The van der Waals surface area contributed by atoms with Crippen LogP contribution in [0.5, 0.6) is 0 Å². The molecule has 0 spiro atoms. The second-order valence-electron chi connectivity index (χ2n) is 7.32. The smallest absolute Gasteiger partial charge is 0.269 e. The van der Waals surface area contributed by atoms with E-state index in [1.807, 2.05) is 6.07 Å². The van der Waals surface area contributed by atoms with Gasteiger partial charge in [0, 0.05) is 30.1 Å². The Balaban J connectivity index is 1.60. The number of aryl methyl sites for hydroxylation is 2. The molecule has 2 heterocycles. The molecule has 1 fully saturated rings. The molecule has 3 rings (SSSR count). The lowest BCUT2D eigenvalue weighted by atomic mass is 10.1. The summed E-state index contributed by atoms with van der Waals surface area (Å²) >= 11 is 0. The third kappa shape index (κ3) is 4.93. The monoisotopic (exact) mass is 408 g/mol. The predicted octanol–water partition coefficient (Wildman–Crippen LogP) is 1.88. The largest absolute Gasteiger partial charge is 0.376 e. The van der Waals surface area contributed by atoms with Crippen LogP contribution in [-0.2, 0) is 16.1 Å². The standard InChI is InChI=1S/C22H24N4O4/c1-14-10-15(2)26(22(29)19(14)11-23)13-20(27)25-17-7-5-16(6-8-17)21(28)24-12-18-4-3-9-30-18/h5-8,10,18H,3-4,9,12-13H2,1-2H3,(H,24,28)(H,25,27)/t18-/m0/s1. The number of benzene rings is 1. The van der Waals surface area contributed by atoms with Crippen molar-refractivity contribution in [1.29, 1.82) is 5.26 Å². The van der Waals surface area contributed by atoms with E-state index in [4.69, 9.17) is 10.00 Å². The maximum absolute atomic E-state index is 12.4. The molecule has 0 aliphatic carbocycles. The van der Waals surface area contributed by atoms with Crippen LogP contribution in [0.3, 0.4) is 0 Å². The second-order valence-corrected chi connectivity index (χ2v) is 7.32. The SMILES string of the molecule is Cc1cc(C)n(CC(=O)Nc2ccc(C(=O)NC[C@@H]3CCCO3)cc2)c(=O)c1C#N. The molecule has 156 valence electrons. The van der Waals surface area contributed by atoms with Crippen LogP contribution in [0.4, 0.5) is 5.69 Å². The van der Waals surface area contributed by atoms with Crippen LogP contribution in [0.1, 0.15) is 40.0 Å². The Morgan fingerprint density at radius 3 is 2.63 bits per heavy atom. The lowest BCUT2D eigenvalue weighted by Crippen LogP contribution is -2.32. The molecular formula is C22H24N4O4. The van der Waals surface area contributed by atoms with E-state index in [-0.39, 0.29) is 24.1 Å². The van der Waals surface area contributed by atoms with Crippen molar-refractivity contribution in [2.45, 2.75) is 39.3 Å². The van der Waals surface area contributed by atoms with Crippen molar-refractivity contribution >= 4 is 17.5 Å². The normalized spacial score (nSPS) is 15.4. The minimum absolute atomic E-state index is 0.0340. The molecule has 8 heteroatoms. The third-order valence-corrected chi connectivity index (χ3v) is 5.06. The Bertz CT molecular complexity index is 1040. The summed E-state index contributed by atoms with van der Waals surface area (Å²) in [6.07, 6.45) is 2.04. The molecule has 0 unspecified atom stereocenters. The van der Waals surface area contributed by atoms with E-state index >= 15 is 0 Å². The van der Waals surface area contributed by atoms with Crippen LogP contribution in [0.2, 0.25) is 0 Å². The maximum Gasteiger partial charge on any atom is 0.269 e. The average Bonchev–Trinajstić information content (AvgIpc) is 3.24. The van der Waals surface area contributed by atoms with E-state index in [2.05, 4.69) is 10.6 Å². The Kier molecular flexibility index (Phi) is 6.65. The lowest BCUT2D eigenvalue weighted by molar-refractivity contribution is -0.116. The number of pyridine rings is 1. The third-order valence-electron chi connectivity index (χ3n) is 5.06. The van der Waals surface area contributed by atoms with Crippen LogP contribution in [0.15, 0.2) is 35.1 Å². The van der Waals surface area contributed by atoms with Crippen LogP contribution >= 0.6 is 0 Å². The summed E-state index contributed by atoms with van der Waals surface area (Å²) in [7, 11) is 0. The topological polar surface area (TPSA) is 113 Å². The van der Waals surface area contributed by atoms with Gasteiger partial charge < -0.3 is 19.9 Å². The van der Waals surface area contributed by atoms with E-state index in [1.54, 1.807) is 44.2 Å². The summed E-state index contributed by atoms with van der Waals surface area (Å²) < 4.78 is 6.76. The Morgan fingerprint density at radius 1 is 1.27 bits per heavy atom. The van der Waals surface area contributed by atoms with E-state index in [0.717, 1.165) is 19.4 Å². The molecule has 1 atom stereocenters. The Hall–Kier alpha value is -3.44. The number of nitrogens with one attached hydrogen (secondary N) is 2. The number of rotatable bonds is 6. The highest BCUT2D eigenvalue weighted by Gasteiger charge is 2.17. The zero-order valence-electron chi connectivity index (χ0n) is 17.0. The number of anilines is 1. The summed E-state index contributed by atoms with van der Waals surface area (Å²) in [6.45, 7) is 4.42. The van der Waals surface area contributed by atoms with Gasteiger partial charge in [-0.25, -0.2) is 0 Å². The van der Waals surface area contributed by atoms with E-state index in [0.29, 0.717) is 29.1 Å². The second kappa shape index (κ2) is 9.37. The number of hydrogen-bond donors (Lipinski definition) is 2. The summed E-state index contributed by atoms with van der Waals surface area (Å²) in [5, 5.41) is 14.7. The van der Waals surface area contributed by atoms with Gasteiger partial charge in [-0.05, 0) is 62.6 Å². The van der Waals surface area contributed by atoms with Gasteiger partial charge in [0.1, 0.15) is 18.2 Å². The highest BCUT2D eigenvalue weighted by atomic mass is 16.5. The molecule has 1 aliphatic heterocycles. The molecule has 2 aromatic rings. The number of amides is 2. The van der Waals surface area contributed by atoms with Crippen LogP contribution in [0.25, 0.3) is 0 Å². The molecule has 2 N–H and O–H groups in total. The first-order valence-electron chi connectivity index (χ1n) is 9.80. The van der Waals surface area contributed by atoms with E-state index < -0.39 is 11.5 Å². The quantitative estimate of drug-likeness (QED) is 0.758. The average molecular weight is 408 g/mol. The molecule has 1 aromatic carbocycles. The van der Waals surface area contributed by atoms with Crippen LogP contribution < -0.4 is 16.2 Å². The minimum atomic E-state index is -0.483. The lowest BCUT2D eigenvalue weighted by Gasteiger charge is -2.13. The van der Waals surface area contributed by atoms with Gasteiger partial charge in [-0.2, -0.15) is 5.26 Å². The van der Waals surface area contributed by atoms with Crippen LogP contribution in [0, 0.1) is 25.2 Å². The van der Waals surface area contributed by atoms with Gasteiger partial charge in [-0.15, -0.1) is 0 Å². The number of carbonyl (C=O) groups is 2. The number of carbonyl (C=O) groups excluding carboxylic acids is 2. The highest BCUT2D eigenvalue weighted by molar-refractivity contribution is 5.95. The van der Waals surface area contributed by atoms with Crippen molar-refractivity contribution < 1.29 is 14.3 Å². The molecule has 30 heavy (non-hydrogen) atoms. The molecule has 1 aliphatic rings. The van der Waals surface area contributed by atoms with Gasteiger partial charge in [-0.3, -0.25) is 14.4 Å². The van der Waals surface area contributed by atoms with Crippen molar-refractivity contribution in [3.8, 4) is 6.07 Å². The van der Waals surface area contributed by atoms with Crippen molar-refractivity contribution in [2.24, 2.45) is 0 Å². The molecule has 8 nitrogen and oxygen atoms in total. The minimum Gasteiger partial charge on any atom is -0.376 e. The molecule has 0 bridgehead atoms. The van der Waals surface area contributed by atoms with Gasteiger partial charge >= 0.3 is 0 Å². The van der Waals surface area contributed by atoms with Crippen molar-refractivity contribution in [1.82, 2.24) is 9.88 Å². The Labute approximate surface area is 174 Å². The molecule has 1 aromatic heterocycles. The van der Waals surface area contributed by atoms with Gasteiger partial charge in [0.05, 0.1) is 6.10 Å². The fraction of sp³-hybridized carbons (Fsp3) is 0.364. The summed E-state index contributed by atoms with van der Waals surface area (Å²) in [5.74, 6) is -0.599. The number of aromatic nitrogens is 1. The maximum atomic E-state index is 12.4. The number of nitriles is 1. The van der Waals surface area contributed by atoms with Gasteiger partial charge in [-0.1, -0.05) is 0 Å². The van der Waals surface area contributed by atoms with Gasteiger partial charge in [0.2, 0.25) is 5.91 Å². The van der Waals surface area contributed by atoms with Gasteiger partial charge in [0.15, 0.2) is 0 Å². The predicted molar refractivity (Wildman–Crippen MR) is 111 cm³/mol. The van der Waals surface area contributed by atoms with E-state index in [1.165, 1.54) is 4.57 Å². The molecule has 0 radical (unpaired) electrons. The zero-order valence-corrected chi connectivity index (χ0v) is 17.0. The summed E-state index contributed by atoms with van der Waals surface area (Å²) in [6, 6.07) is 10.1. The molecule has 0 saturated carbocycles. The molecular weight excluding hydrogens is 384 g/mol.